The largest absolute Gasteiger partial charge is 0.497 e. The Kier molecular flexibility index (Phi) is 5.18. The average molecular weight is 387 g/mol. The first-order valence-electron chi connectivity index (χ1n) is 8.37. The van der Waals surface area contributed by atoms with E-state index in [0.29, 0.717) is 17.7 Å². The molecule has 8 heteroatoms. The van der Waals surface area contributed by atoms with Crippen molar-refractivity contribution in [2.24, 2.45) is 5.10 Å². The minimum absolute atomic E-state index is 0.210. The molecule has 0 saturated carbocycles. The Labute approximate surface area is 158 Å². The average Bonchev–Trinajstić information content (AvgIpc) is 3.06. The Hall–Kier alpha value is -2.87. The number of hydrogen-bond donors (Lipinski definition) is 1. The lowest BCUT2D eigenvalue weighted by molar-refractivity contribution is -0.130. The molecule has 2 aromatic carbocycles. The van der Waals surface area contributed by atoms with E-state index in [1.807, 2.05) is 30.3 Å². The summed E-state index contributed by atoms with van der Waals surface area (Å²) in [7, 11) is -1.85. The van der Waals surface area contributed by atoms with Crippen LogP contribution in [0.25, 0.3) is 0 Å². The fourth-order valence-corrected chi connectivity index (χ4v) is 3.67. The van der Waals surface area contributed by atoms with Crippen LogP contribution in [-0.4, -0.2) is 38.4 Å². The molecule has 3 rings (SSSR count). The van der Waals surface area contributed by atoms with Gasteiger partial charge in [0.25, 0.3) is 0 Å². The van der Waals surface area contributed by atoms with Gasteiger partial charge in [-0.25, -0.2) is 13.4 Å². The quantitative estimate of drug-likeness (QED) is 0.854. The SMILES string of the molecule is COc1ccc(C2=NN(C(C)=O)[C@@H](c3ccccc3NS(C)(=O)=O)C2)cc1. The van der Waals surface area contributed by atoms with E-state index in [2.05, 4.69) is 9.82 Å². The normalized spacial score (nSPS) is 16.8. The molecule has 0 spiro atoms. The van der Waals surface area contributed by atoms with Crippen LogP contribution in [0, 0.1) is 0 Å². The second-order valence-electron chi connectivity index (χ2n) is 6.32. The minimum atomic E-state index is -3.45. The third kappa shape index (κ3) is 4.28. The van der Waals surface area contributed by atoms with Gasteiger partial charge in [0.2, 0.25) is 15.9 Å². The second kappa shape index (κ2) is 7.40. The van der Waals surface area contributed by atoms with Crippen molar-refractivity contribution in [3.8, 4) is 5.75 Å². The Balaban J connectivity index is 1.96. The maximum atomic E-state index is 12.2. The lowest BCUT2D eigenvalue weighted by atomic mass is 9.97. The van der Waals surface area contributed by atoms with Gasteiger partial charge in [0, 0.05) is 18.9 Å². The van der Waals surface area contributed by atoms with Crippen LogP contribution in [0.1, 0.15) is 30.5 Å². The van der Waals surface area contributed by atoms with E-state index in [1.165, 1.54) is 11.9 Å². The molecule has 0 saturated heterocycles. The van der Waals surface area contributed by atoms with Crippen molar-refractivity contribution in [2.75, 3.05) is 18.1 Å². The van der Waals surface area contributed by atoms with Crippen LogP contribution in [0.4, 0.5) is 5.69 Å². The summed E-state index contributed by atoms with van der Waals surface area (Å²) < 4.78 is 31.1. The first-order chi connectivity index (χ1) is 12.8. The van der Waals surface area contributed by atoms with Crippen molar-refractivity contribution in [2.45, 2.75) is 19.4 Å². The summed E-state index contributed by atoms with van der Waals surface area (Å²) in [5, 5.41) is 5.90. The molecule has 142 valence electrons. The summed E-state index contributed by atoms with van der Waals surface area (Å²) in [6.07, 6.45) is 1.58. The van der Waals surface area contributed by atoms with Crippen molar-refractivity contribution in [1.29, 1.82) is 0 Å². The number of ether oxygens (including phenoxy) is 1. The zero-order valence-electron chi connectivity index (χ0n) is 15.3. The fourth-order valence-electron chi connectivity index (χ4n) is 3.08. The Morgan fingerprint density at radius 2 is 1.85 bits per heavy atom. The van der Waals surface area contributed by atoms with E-state index in [0.717, 1.165) is 23.3 Å². The third-order valence-corrected chi connectivity index (χ3v) is 4.86. The molecule has 1 atom stereocenters. The van der Waals surface area contributed by atoms with Gasteiger partial charge >= 0.3 is 0 Å². The summed E-state index contributed by atoms with van der Waals surface area (Å²) in [5.41, 5.74) is 2.79. The highest BCUT2D eigenvalue weighted by Gasteiger charge is 2.33. The minimum Gasteiger partial charge on any atom is -0.497 e. The van der Waals surface area contributed by atoms with Crippen LogP contribution in [0.2, 0.25) is 0 Å². The van der Waals surface area contributed by atoms with Crippen LogP contribution in [0.5, 0.6) is 5.75 Å². The maximum absolute atomic E-state index is 12.2. The van der Waals surface area contributed by atoms with Gasteiger partial charge in [0.1, 0.15) is 5.75 Å². The van der Waals surface area contributed by atoms with Gasteiger partial charge in [-0.15, -0.1) is 0 Å². The lowest BCUT2D eigenvalue weighted by Crippen LogP contribution is -2.25. The Morgan fingerprint density at radius 1 is 1.19 bits per heavy atom. The van der Waals surface area contributed by atoms with E-state index >= 15 is 0 Å². The van der Waals surface area contributed by atoms with Gasteiger partial charge in [-0.2, -0.15) is 5.10 Å². The highest BCUT2D eigenvalue weighted by Crippen LogP contribution is 2.36. The molecule has 0 unspecified atom stereocenters. The van der Waals surface area contributed by atoms with Crippen molar-refractivity contribution in [3.05, 3.63) is 59.7 Å². The molecule has 0 fully saturated rings. The molecule has 7 nitrogen and oxygen atoms in total. The van der Waals surface area contributed by atoms with Gasteiger partial charge in [0.05, 0.1) is 30.8 Å². The topological polar surface area (TPSA) is 88.1 Å². The predicted molar refractivity (Wildman–Crippen MR) is 104 cm³/mol. The molecule has 0 aliphatic carbocycles. The van der Waals surface area contributed by atoms with E-state index in [-0.39, 0.29) is 11.9 Å². The van der Waals surface area contributed by atoms with Crippen molar-refractivity contribution in [1.82, 2.24) is 5.01 Å². The number of para-hydroxylation sites is 1. The Bertz CT molecular complexity index is 984. The number of nitrogens with zero attached hydrogens (tertiary/aromatic N) is 2. The molecular weight excluding hydrogens is 366 g/mol. The molecule has 0 radical (unpaired) electrons. The molecule has 1 heterocycles. The molecule has 1 aliphatic rings. The molecule has 2 aromatic rings. The van der Waals surface area contributed by atoms with Crippen LogP contribution in [0.15, 0.2) is 53.6 Å². The second-order valence-corrected chi connectivity index (χ2v) is 8.07. The number of methoxy groups -OCH3 is 1. The van der Waals surface area contributed by atoms with Crippen LogP contribution < -0.4 is 9.46 Å². The number of amides is 1. The molecular formula is C19H21N3O4S. The molecule has 27 heavy (non-hydrogen) atoms. The maximum Gasteiger partial charge on any atom is 0.240 e. The Morgan fingerprint density at radius 3 is 2.44 bits per heavy atom. The van der Waals surface area contributed by atoms with Gasteiger partial charge in [-0.3, -0.25) is 9.52 Å². The van der Waals surface area contributed by atoms with Gasteiger partial charge in [0.15, 0.2) is 0 Å². The lowest BCUT2D eigenvalue weighted by Gasteiger charge is -2.23. The molecule has 0 bridgehead atoms. The zero-order valence-corrected chi connectivity index (χ0v) is 16.2. The number of hydrazone groups is 1. The summed E-state index contributed by atoms with van der Waals surface area (Å²) >= 11 is 0. The van der Waals surface area contributed by atoms with E-state index in [4.69, 9.17) is 4.74 Å². The highest BCUT2D eigenvalue weighted by molar-refractivity contribution is 7.92. The van der Waals surface area contributed by atoms with Gasteiger partial charge < -0.3 is 4.74 Å². The number of carbonyl (C=O) groups is 1. The summed E-state index contributed by atoms with van der Waals surface area (Å²) in [6, 6.07) is 14.1. The predicted octanol–water partition coefficient (Wildman–Crippen LogP) is 2.76. The van der Waals surface area contributed by atoms with E-state index < -0.39 is 10.0 Å². The van der Waals surface area contributed by atoms with Crippen LogP contribution >= 0.6 is 0 Å². The summed E-state index contributed by atoms with van der Waals surface area (Å²) in [5.74, 6) is 0.526. The number of anilines is 1. The number of nitrogens with one attached hydrogen (secondary N) is 1. The number of sulfonamides is 1. The summed E-state index contributed by atoms with van der Waals surface area (Å²) in [4.78, 5) is 12.2. The molecule has 0 aromatic heterocycles. The standard InChI is InChI=1S/C19H21N3O4S/c1-13(23)22-19(16-6-4-5-7-17(16)21-27(3,24)25)12-18(20-22)14-8-10-15(26-2)11-9-14/h4-11,19,21H,12H2,1-3H3/t19-/m1/s1. The molecule has 1 aliphatic heterocycles. The smallest absolute Gasteiger partial charge is 0.240 e. The van der Waals surface area contributed by atoms with Crippen LogP contribution in [-0.2, 0) is 14.8 Å². The van der Waals surface area contributed by atoms with Gasteiger partial charge in [-0.05, 0) is 35.9 Å². The van der Waals surface area contributed by atoms with Crippen molar-refractivity contribution in [3.63, 3.8) is 0 Å². The first kappa shape index (κ1) is 18.9. The number of rotatable bonds is 5. The molecule has 1 N–H and O–H groups in total. The third-order valence-electron chi connectivity index (χ3n) is 4.27. The monoisotopic (exact) mass is 387 g/mol. The van der Waals surface area contributed by atoms with Gasteiger partial charge in [-0.1, -0.05) is 18.2 Å². The fraction of sp³-hybridized carbons (Fsp3) is 0.263. The van der Waals surface area contributed by atoms with Crippen molar-refractivity contribution >= 4 is 27.3 Å². The number of hydrogen-bond acceptors (Lipinski definition) is 5. The van der Waals surface area contributed by atoms with Crippen molar-refractivity contribution < 1.29 is 17.9 Å². The zero-order chi connectivity index (χ0) is 19.6. The molecule has 1 amide bonds. The number of carbonyl (C=O) groups excluding carboxylic acids is 1. The highest BCUT2D eigenvalue weighted by atomic mass is 32.2. The van der Waals surface area contributed by atoms with E-state index in [1.54, 1.807) is 25.3 Å². The van der Waals surface area contributed by atoms with Crippen LogP contribution in [0.3, 0.4) is 0 Å². The van der Waals surface area contributed by atoms with E-state index in [9.17, 15) is 13.2 Å². The summed E-state index contributed by atoms with van der Waals surface area (Å²) in [6.45, 7) is 1.44. The number of benzene rings is 2. The first-order valence-corrected chi connectivity index (χ1v) is 10.3.